The van der Waals surface area contributed by atoms with Gasteiger partial charge in [-0.3, -0.25) is 4.90 Å². The number of β-amino-alcohol motifs (C(OH)–C–C–N with tert-alkyl or cyclic N) is 1. The van der Waals surface area contributed by atoms with Gasteiger partial charge in [-0.05, 0) is 32.4 Å². The van der Waals surface area contributed by atoms with E-state index in [9.17, 15) is 5.11 Å². The predicted molar refractivity (Wildman–Crippen MR) is 75.7 cm³/mol. The highest BCUT2D eigenvalue weighted by Crippen LogP contribution is 2.28. The topological polar surface area (TPSA) is 83.7 Å². The van der Waals surface area contributed by atoms with Crippen LogP contribution in [-0.2, 0) is 10.3 Å². The van der Waals surface area contributed by atoms with E-state index in [0.29, 0.717) is 31.3 Å². The molecule has 7 nitrogen and oxygen atoms in total. The molecule has 1 aromatic rings. The van der Waals surface area contributed by atoms with E-state index in [-0.39, 0.29) is 6.10 Å². The van der Waals surface area contributed by atoms with Gasteiger partial charge in [-0.2, -0.15) is 4.98 Å². The van der Waals surface area contributed by atoms with E-state index < -0.39 is 5.60 Å². The van der Waals surface area contributed by atoms with Crippen LogP contribution in [0.2, 0.25) is 0 Å². The zero-order valence-electron chi connectivity index (χ0n) is 12.5. The molecule has 118 valence electrons. The maximum atomic E-state index is 10.6. The largest absolute Gasteiger partial charge is 0.379 e. The number of hydrogen-bond acceptors (Lipinski definition) is 7. The lowest BCUT2D eigenvalue weighted by molar-refractivity contribution is -0.0350. The summed E-state index contributed by atoms with van der Waals surface area (Å²) in [5.74, 6) is 0.853. The zero-order chi connectivity index (χ0) is 14.7. The fourth-order valence-electron chi connectivity index (χ4n) is 3.00. The van der Waals surface area contributed by atoms with E-state index >= 15 is 0 Å². The van der Waals surface area contributed by atoms with Crippen molar-refractivity contribution in [1.82, 2.24) is 20.4 Å². The van der Waals surface area contributed by atoms with Gasteiger partial charge in [0, 0.05) is 19.6 Å². The summed E-state index contributed by atoms with van der Waals surface area (Å²) < 4.78 is 11.1. The molecule has 2 atom stereocenters. The Labute approximate surface area is 124 Å². The molecule has 2 N–H and O–H groups in total. The highest BCUT2D eigenvalue weighted by molar-refractivity contribution is 5.04. The minimum atomic E-state index is -1.04. The Balaban J connectivity index is 1.69. The van der Waals surface area contributed by atoms with Crippen LogP contribution in [0.25, 0.3) is 0 Å². The molecular formula is C14H24N4O3. The van der Waals surface area contributed by atoms with E-state index in [1.165, 1.54) is 0 Å². The van der Waals surface area contributed by atoms with Gasteiger partial charge >= 0.3 is 0 Å². The number of nitrogens with one attached hydrogen (secondary N) is 1. The minimum absolute atomic E-state index is 0.164. The quantitative estimate of drug-likeness (QED) is 0.833. The SMILES string of the molecule is CCCN1CCOC(c2noc(C3(O)CCCNC3)n2)C1. The molecule has 0 aliphatic carbocycles. The summed E-state index contributed by atoms with van der Waals surface area (Å²) in [6.45, 7) is 7.01. The van der Waals surface area contributed by atoms with Gasteiger partial charge in [0.1, 0.15) is 6.10 Å². The fourth-order valence-corrected chi connectivity index (χ4v) is 3.00. The van der Waals surface area contributed by atoms with Gasteiger partial charge < -0.3 is 19.7 Å². The van der Waals surface area contributed by atoms with Crippen LogP contribution >= 0.6 is 0 Å². The summed E-state index contributed by atoms with van der Waals surface area (Å²) in [5, 5.41) is 17.8. The summed E-state index contributed by atoms with van der Waals surface area (Å²) in [5.41, 5.74) is -1.04. The van der Waals surface area contributed by atoms with Crippen LogP contribution in [0.5, 0.6) is 0 Å². The maximum Gasteiger partial charge on any atom is 0.260 e. The summed E-state index contributed by atoms with van der Waals surface area (Å²) >= 11 is 0. The third kappa shape index (κ3) is 3.26. The molecule has 21 heavy (non-hydrogen) atoms. The standard InChI is InChI=1S/C14H24N4O3/c1-2-6-18-7-8-20-11(9-18)12-16-13(21-17-12)14(19)4-3-5-15-10-14/h11,15,19H,2-10H2,1H3. The van der Waals surface area contributed by atoms with Crippen LogP contribution in [-0.4, -0.2) is 59.5 Å². The summed E-state index contributed by atoms with van der Waals surface area (Å²) in [7, 11) is 0. The Morgan fingerprint density at radius 1 is 1.52 bits per heavy atom. The molecule has 0 spiro atoms. The third-order valence-corrected chi connectivity index (χ3v) is 4.18. The van der Waals surface area contributed by atoms with Gasteiger partial charge in [0.25, 0.3) is 5.89 Å². The number of aromatic nitrogens is 2. The fraction of sp³-hybridized carbons (Fsp3) is 0.857. The summed E-state index contributed by atoms with van der Waals surface area (Å²) in [6, 6.07) is 0. The van der Waals surface area contributed by atoms with E-state index in [4.69, 9.17) is 9.26 Å². The van der Waals surface area contributed by atoms with Gasteiger partial charge in [-0.15, -0.1) is 0 Å². The molecule has 7 heteroatoms. The van der Waals surface area contributed by atoms with Crippen molar-refractivity contribution in [3.8, 4) is 0 Å². The molecule has 0 amide bonds. The first-order chi connectivity index (χ1) is 10.2. The lowest BCUT2D eigenvalue weighted by Crippen LogP contribution is -2.43. The average molecular weight is 296 g/mol. The monoisotopic (exact) mass is 296 g/mol. The van der Waals surface area contributed by atoms with Crippen LogP contribution in [0.15, 0.2) is 4.52 Å². The summed E-state index contributed by atoms with van der Waals surface area (Å²) in [6.07, 6.45) is 2.51. The first kappa shape index (κ1) is 14.9. The molecule has 0 radical (unpaired) electrons. The Hall–Kier alpha value is -1.02. The predicted octanol–water partition coefficient (Wildman–Crippen LogP) is 0.424. The van der Waals surface area contributed by atoms with Crippen molar-refractivity contribution in [3.63, 3.8) is 0 Å². The molecule has 3 heterocycles. The Bertz CT molecular complexity index is 457. The van der Waals surface area contributed by atoms with E-state index in [0.717, 1.165) is 39.0 Å². The van der Waals surface area contributed by atoms with Crippen molar-refractivity contribution in [2.24, 2.45) is 0 Å². The van der Waals surface area contributed by atoms with Gasteiger partial charge in [0.2, 0.25) is 5.82 Å². The molecule has 2 fully saturated rings. The number of ether oxygens (including phenoxy) is 1. The van der Waals surface area contributed by atoms with E-state index in [2.05, 4.69) is 27.3 Å². The number of aliphatic hydroxyl groups is 1. The number of nitrogens with zero attached hydrogens (tertiary/aromatic N) is 3. The molecule has 3 rings (SSSR count). The molecule has 0 saturated carbocycles. The van der Waals surface area contributed by atoms with Crippen molar-refractivity contribution < 1.29 is 14.4 Å². The Morgan fingerprint density at radius 2 is 2.43 bits per heavy atom. The molecule has 2 saturated heterocycles. The van der Waals surface area contributed by atoms with Gasteiger partial charge in [-0.1, -0.05) is 12.1 Å². The van der Waals surface area contributed by atoms with Crippen molar-refractivity contribution in [3.05, 3.63) is 11.7 Å². The Morgan fingerprint density at radius 3 is 3.19 bits per heavy atom. The number of hydrogen-bond donors (Lipinski definition) is 2. The van der Waals surface area contributed by atoms with Gasteiger partial charge in [0.15, 0.2) is 5.60 Å². The number of morpholine rings is 1. The van der Waals surface area contributed by atoms with Crippen LogP contribution < -0.4 is 5.32 Å². The molecule has 2 aliphatic rings. The number of rotatable bonds is 4. The Kier molecular flexibility index (Phi) is 4.54. The van der Waals surface area contributed by atoms with Crippen molar-refractivity contribution >= 4 is 0 Å². The highest BCUT2D eigenvalue weighted by atomic mass is 16.5. The first-order valence-corrected chi connectivity index (χ1v) is 7.82. The lowest BCUT2D eigenvalue weighted by Gasteiger charge is -2.31. The zero-order valence-corrected chi connectivity index (χ0v) is 12.5. The second-order valence-electron chi connectivity index (χ2n) is 5.93. The molecule has 2 unspecified atom stereocenters. The third-order valence-electron chi connectivity index (χ3n) is 4.18. The second kappa shape index (κ2) is 6.39. The van der Waals surface area contributed by atoms with Crippen LogP contribution in [0, 0.1) is 0 Å². The molecule has 2 aliphatic heterocycles. The van der Waals surface area contributed by atoms with E-state index in [1.807, 2.05) is 0 Å². The molecular weight excluding hydrogens is 272 g/mol. The maximum absolute atomic E-state index is 10.6. The normalized spacial score (nSPS) is 31.4. The molecule has 0 aromatic carbocycles. The smallest absolute Gasteiger partial charge is 0.260 e. The lowest BCUT2D eigenvalue weighted by atomic mass is 9.94. The van der Waals surface area contributed by atoms with Gasteiger partial charge in [-0.25, -0.2) is 0 Å². The van der Waals surface area contributed by atoms with Crippen molar-refractivity contribution in [2.45, 2.75) is 37.9 Å². The minimum Gasteiger partial charge on any atom is -0.379 e. The van der Waals surface area contributed by atoms with E-state index in [1.54, 1.807) is 0 Å². The van der Waals surface area contributed by atoms with Crippen molar-refractivity contribution in [1.29, 1.82) is 0 Å². The van der Waals surface area contributed by atoms with Gasteiger partial charge in [0.05, 0.1) is 6.61 Å². The second-order valence-corrected chi connectivity index (χ2v) is 5.93. The van der Waals surface area contributed by atoms with Crippen LogP contribution in [0.1, 0.15) is 44.0 Å². The van der Waals surface area contributed by atoms with Crippen molar-refractivity contribution in [2.75, 3.05) is 39.3 Å². The number of piperidine rings is 1. The average Bonchev–Trinajstić information content (AvgIpc) is 2.99. The summed E-state index contributed by atoms with van der Waals surface area (Å²) in [4.78, 5) is 6.75. The first-order valence-electron chi connectivity index (χ1n) is 7.82. The highest BCUT2D eigenvalue weighted by Gasteiger charge is 2.38. The van der Waals surface area contributed by atoms with Crippen LogP contribution in [0.3, 0.4) is 0 Å². The van der Waals surface area contributed by atoms with Crippen LogP contribution in [0.4, 0.5) is 0 Å². The molecule has 0 bridgehead atoms. The molecule has 1 aromatic heterocycles.